The average molecular weight is 272 g/mol. The second kappa shape index (κ2) is 3.73. The standard InChI is InChI=1S/C20H32/c1-13-6-7-14-16(20(5)9-8-15(13)20)12-19(4)11-10-18(2,3)17(14)19/h14,16-17H,6-12H2,1-5H3. The molecule has 0 heteroatoms. The lowest BCUT2D eigenvalue weighted by Gasteiger charge is -2.49. The molecule has 4 rings (SSSR count). The van der Waals surface area contributed by atoms with E-state index in [1.807, 2.05) is 5.57 Å². The molecule has 3 saturated carbocycles. The van der Waals surface area contributed by atoms with Crippen LogP contribution in [0.1, 0.15) is 79.6 Å². The van der Waals surface area contributed by atoms with Crippen LogP contribution < -0.4 is 0 Å². The molecule has 3 fully saturated rings. The number of fused-ring (bicyclic) bond motifs is 5. The van der Waals surface area contributed by atoms with Crippen molar-refractivity contribution in [1.82, 2.24) is 0 Å². The topological polar surface area (TPSA) is 0 Å². The Bertz CT molecular complexity index is 482. The molecule has 20 heavy (non-hydrogen) atoms. The monoisotopic (exact) mass is 272 g/mol. The van der Waals surface area contributed by atoms with E-state index in [-0.39, 0.29) is 0 Å². The average Bonchev–Trinajstić information content (AvgIpc) is 2.75. The van der Waals surface area contributed by atoms with Gasteiger partial charge in [-0.3, -0.25) is 0 Å². The van der Waals surface area contributed by atoms with E-state index in [9.17, 15) is 0 Å². The van der Waals surface area contributed by atoms with Crippen molar-refractivity contribution in [3.8, 4) is 0 Å². The molecule has 5 unspecified atom stereocenters. The molecule has 0 aromatic heterocycles. The van der Waals surface area contributed by atoms with Crippen LogP contribution in [0.4, 0.5) is 0 Å². The van der Waals surface area contributed by atoms with E-state index in [0.29, 0.717) is 16.2 Å². The van der Waals surface area contributed by atoms with Crippen LogP contribution in [0, 0.1) is 34.0 Å². The van der Waals surface area contributed by atoms with Crippen LogP contribution in [-0.2, 0) is 0 Å². The van der Waals surface area contributed by atoms with Crippen molar-refractivity contribution in [2.45, 2.75) is 79.6 Å². The van der Waals surface area contributed by atoms with E-state index in [1.165, 1.54) is 44.9 Å². The fraction of sp³-hybridized carbons (Fsp3) is 0.900. The molecule has 0 aromatic carbocycles. The van der Waals surface area contributed by atoms with Gasteiger partial charge in [-0.2, -0.15) is 0 Å². The highest BCUT2D eigenvalue weighted by atomic mass is 14.7. The summed E-state index contributed by atoms with van der Waals surface area (Å²) in [7, 11) is 0. The van der Waals surface area contributed by atoms with Gasteiger partial charge in [0.25, 0.3) is 0 Å². The van der Waals surface area contributed by atoms with Gasteiger partial charge in [0.15, 0.2) is 0 Å². The van der Waals surface area contributed by atoms with Gasteiger partial charge in [-0.05, 0) is 85.9 Å². The zero-order valence-electron chi connectivity index (χ0n) is 14.2. The Hall–Kier alpha value is -0.260. The first-order valence-electron chi connectivity index (χ1n) is 8.97. The van der Waals surface area contributed by atoms with E-state index in [2.05, 4.69) is 34.6 Å². The van der Waals surface area contributed by atoms with Crippen LogP contribution >= 0.6 is 0 Å². The molecule has 0 radical (unpaired) electrons. The zero-order valence-corrected chi connectivity index (χ0v) is 14.2. The van der Waals surface area contributed by atoms with Crippen molar-refractivity contribution in [2.24, 2.45) is 34.0 Å². The molecule has 0 aromatic rings. The molecule has 4 aliphatic rings. The lowest BCUT2D eigenvalue weighted by atomic mass is 9.55. The van der Waals surface area contributed by atoms with Gasteiger partial charge in [0.05, 0.1) is 0 Å². The number of rotatable bonds is 0. The van der Waals surface area contributed by atoms with Gasteiger partial charge >= 0.3 is 0 Å². The van der Waals surface area contributed by atoms with Crippen molar-refractivity contribution in [2.75, 3.05) is 0 Å². The number of hydrogen-bond acceptors (Lipinski definition) is 0. The molecular formula is C20H32. The molecule has 5 atom stereocenters. The molecule has 0 saturated heterocycles. The minimum atomic E-state index is 0.590. The maximum absolute atomic E-state index is 2.64. The van der Waals surface area contributed by atoms with Crippen molar-refractivity contribution in [3.05, 3.63) is 11.1 Å². The Kier molecular flexibility index (Phi) is 2.50. The molecule has 0 amide bonds. The predicted molar refractivity (Wildman–Crippen MR) is 85.5 cm³/mol. The number of allylic oxidation sites excluding steroid dienone is 2. The van der Waals surface area contributed by atoms with Crippen LogP contribution in [0.5, 0.6) is 0 Å². The molecule has 4 aliphatic carbocycles. The van der Waals surface area contributed by atoms with E-state index in [4.69, 9.17) is 0 Å². The Labute approximate surface area is 125 Å². The fourth-order valence-corrected chi connectivity index (χ4v) is 7.43. The van der Waals surface area contributed by atoms with Gasteiger partial charge in [-0.15, -0.1) is 0 Å². The van der Waals surface area contributed by atoms with E-state index in [1.54, 1.807) is 5.57 Å². The summed E-state index contributed by atoms with van der Waals surface area (Å²) in [6.07, 6.45) is 10.3. The lowest BCUT2D eigenvalue weighted by molar-refractivity contribution is 0.0752. The Morgan fingerprint density at radius 1 is 0.950 bits per heavy atom. The third kappa shape index (κ3) is 1.44. The highest BCUT2D eigenvalue weighted by Crippen LogP contribution is 2.73. The maximum Gasteiger partial charge on any atom is -0.00796 e. The first-order valence-corrected chi connectivity index (χ1v) is 8.97. The minimum absolute atomic E-state index is 0.590. The Morgan fingerprint density at radius 3 is 2.35 bits per heavy atom. The minimum Gasteiger partial charge on any atom is -0.0735 e. The summed E-state index contributed by atoms with van der Waals surface area (Å²) >= 11 is 0. The van der Waals surface area contributed by atoms with Crippen LogP contribution in [0.25, 0.3) is 0 Å². The molecule has 0 N–H and O–H groups in total. The van der Waals surface area contributed by atoms with Gasteiger partial charge < -0.3 is 0 Å². The highest BCUT2D eigenvalue weighted by molar-refractivity contribution is 5.32. The van der Waals surface area contributed by atoms with E-state index < -0.39 is 0 Å². The summed E-state index contributed by atoms with van der Waals surface area (Å²) in [4.78, 5) is 0. The smallest absolute Gasteiger partial charge is 0.00796 e. The largest absolute Gasteiger partial charge is 0.0735 e. The van der Waals surface area contributed by atoms with Crippen molar-refractivity contribution >= 4 is 0 Å². The normalized spacial score (nSPS) is 53.0. The SMILES string of the molecule is CC1=C2CCC2(C)C2CC3(C)CCC(C)(C)C3C2CC1. The summed E-state index contributed by atoms with van der Waals surface area (Å²) in [5.41, 5.74) is 5.49. The molecule has 0 aliphatic heterocycles. The third-order valence-corrected chi connectivity index (χ3v) is 8.33. The first-order chi connectivity index (χ1) is 9.28. The molecule has 0 bridgehead atoms. The second-order valence-electron chi connectivity index (χ2n) is 9.81. The van der Waals surface area contributed by atoms with Crippen molar-refractivity contribution < 1.29 is 0 Å². The van der Waals surface area contributed by atoms with Crippen molar-refractivity contribution in [1.29, 1.82) is 0 Å². The summed E-state index contributed by atoms with van der Waals surface area (Å²) in [6.45, 7) is 12.8. The van der Waals surface area contributed by atoms with Crippen LogP contribution in [0.3, 0.4) is 0 Å². The number of hydrogen-bond donors (Lipinski definition) is 0. The van der Waals surface area contributed by atoms with Gasteiger partial charge in [-0.1, -0.05) is 38.8 Å². The third-order valence-electron chi connectivity index (χ3n) is 8.33. The Morgan fingerprint density at radius 2 is 1.70 bits per heavy atom. The van der Waals surface area contributed by atoms with E-state index >= 15 is 0 Å². The molecular weight excluding hydrogens is 240 g/mol. The maximum atomic E-state index is 2.64. The van der Waals surface area contributed by atoms with E-state index in [0.717, 1.165) is 17.8 Å². The lowest BCUT2D eigenvalue weighted by Crippen LogP contribution is -2.40. The Balaban J connectivity index is 1.77. The summed E-state index contributed by atoms with van der Waals surface area (Å²) < 4.78 is 0. The second-order valence-corrected chi connectivity index (χ2v) is 9.81. The highest BCUT2D eigenvalue weighted by Gasteiger charge is 2.64. The summed E-state index contributed by atoms with van der Waals surface area (Å²) in [5.74, 6) is 3.00. The van der Waals surface area contributed by atoms with Crippen molar-refractivity contribution in [3.63, 3.8) is 0 Å². The predicted octanol–water partition coefficient (Wildman–Crippen LogP) is 5.98. The molecule has 0 heterocycles. The van der Waals surface area contributed by atoms with Crippen LogP contribution in [0.15, 0.2) is 11.1 Å². The first kappa shape index (κ1) is 13.4. The van der Waals surface area contributed by atoms with Gasteiger partial charge in [0.1, 0.15) is 0 Å². The fourth-order valence-electron chi connectivity index (χ4n) is 7.43. The van der Waals surface area contributed by atoms with Gasteiger partial charge in [-0.25, -0.2) is 0 Å². The van der Waals surface area contributed by atoms with Crippen LogP contribution in [-0.4, -0.2) is 0 Å². The van der Waals surface area contributed by atoms with Gasteiger partial charge in [0.2, 0.25) is 0 Å². The zero-order chi connectivity index (χ0) is 14.3. The van der Waals surface area contributed by atoms with Crippen LogP contribution in [0.2, 0.25) is 0 Å². The quantitative estimate of drug-likeness (QED) is 0.476. The summed E-state index contributed by atoms with van der Waals surface area (Å²) in [6, 6.07) is 0. The van der Waals surface area contributed by atoms with Gasteiger partial charge in [0, 0.05) is 0 Å². The molecule has 112 valence electrons. The molecule has 0 spiro atoms. The molecule has 0 nitrogen and oxygen atoms in total. The summed E-state index contributed by atoms with van der Waals surface area (Å²) in [5, 5.41) is 0.